The zero-order valence-electron chi connectivity index (χ0n) is 10.9. The van der Waals surface area contributed by atoms with Crippen molar-refractivity contribution in [1.82, 2.24) is 5.32 Å². The van der Waals surface area contributed by atoms with Crippen LogP contribution in [0.25, 0.3) is 0 Å². The number of nitrogens with one attached hydrogen (secondary N) is 1. The van der Waals surface area contributed by atoms with Crippen LogP contribution in [0.2, 0.25) is 4.34 Å². The molecule has 0 spiro atoms. The van der Waals surface area contributed by atoms with Crippen LogP contribution in [0.5, 0.6) is 0 Å². The summed E-state index contributed by atoms with van der Waals surface area (Å²) in [6, 6.07) is 2.75. The van der Waals surface area contributed by atoms with Crippen molar-refractivity contribution in [3.8, 4) is 0 Å². The van der Waals surface area contributed by atoms with E-state index >= 15 is 0 Å². The predicted molar refractivity (Wildman–Crippen MR) is 79.6 cm³/mol. The van der Waals surface area contributed by atoms with Gasteiger partial charge in [0, 0.05) is 10.9 Å². The van der Waals surface area contributed by atoms with Crippen LogP contribution in [0, 0.1) is 5.92 Å². The van der Waals surface area contributed by atoms with Gasteiger partial charge in [0.05, 0.1) is 4.34 Å². The quantitative estimate of drug-likeness (QED) is 0.824. The highest BCUT2D eigenvalue weighted by molar-refractivity contribution is 7.16. The van der Waals surface area contributed by atoms with Gasteiger partial charge < -0.3 is 5.32 Å². The minimum Gasteiger partial charge on any atom is -0.310 e. The molecular weight excluding hydrogens is 262 g/mol. The molecule has 1 fully saturated rings. The Balaban J connectivity index is 1.46. The van der Waals surface area contributed by atoms with Gasteiger partial charge in [-0.05, 0) is 43.4 Å². The maximum Gasteiger partial charge on any atom is 0.0934 e. The Morgan fingerprint density at radius 3 is 2.89 bits per heavy atom. The van der Waals surface area contributed by atoms with Crippen molar-refractivity contribution in [3.05, 3.63) is 20.8 Å². The van der Waals surface area contributed by atoms with Gasteiger partial charge in [0.2, 0.25) is 0 Å². The second kappa shape index (κ2) is 5.94. The first kappa shape index (κ1) is 13.0. The molecule has 0 amide bonds. The average Bonchev–Trinajstić information content (AvgIpc) is 2.91. The van der Waals surface area contributed by atoms with Crippen LogP contribution in [-0.2, 0) is 6.42 Å². The first-order valence-electron chi connectivity index (χ1n) is 7.34. The van der Waals surface area contributed by atoms with Gasteiger partial charge in [0.15, 0.2) is 0 Å². The summed E-state index contributed by atoms with van der Waals surface area (Å²) < 4.78 is 0.957. The first-order valence-corrected chi connectivity index (χ1v) is 8.54. The summed E-state index contributed by atoms with van der Waals surface area (Å²) in [6.45, 7) is 1.18. The maximum absolute atomic E-state index is 6.09. The summed E-state index contributed by atoms with van der Waals surface area (Å²) in [5, 5.41) is 3.75. The van der Waals surface area contributed by atoms with Crippen LogP contribution in [0.3, 0.4) is 0 Å². The van der Waals surface area contributed by atoms with Gasteiger partial charge in [-0.15, -0.1) is 11.3 Å². The van der Waals surface area contributed by atoms with Crippen molar-refractivity contribution in [2.75, 3.05) is 6.54 Å². The number of halogens is 1. The highest BCUT2D eigenvalue weighted by Crippen LogP contribution is 2.39. The molecule has 2 aliphatic carbocycles. The Kier molecular flexibility index (Phi) is 4.27. The van der Waals surface area contributed by atoms with Crippen molar-refractivity contribution < 1.29 is 0 Å². The topological polar surface area (TPSA) is 12.0 Å². The lowest BCUT2D eigenvalue weighted by atomic mass is 9.87. The van der Waals surface area contributed by atoms with Gasteiger partial charge in [-0.1, -0.05) is 43.7 Å². The van der Waals surface area contributed by atoms with E-state index in [1.807, 2.05) is 0 Å². The lowest BCUT2D eigenvalue weighted by Crippen LogP contribution is -2.23. The van der Waals surface area contributed by atoms with Crippen LogP contribution in [0.1, 0.15) is 61.4 Å². The number of thiophene rings is 1. The zero-order valence-corrected chi connectivity index (χ0v) is 12.5. The van der Waals surface area contributed by atoms with Gasteiger partial charge in [0.1, 0.15) is 0 Å². The fourth-order valence-electron chi connectivity index (χ4n) is 3.48. The van der Waals surface area contributed by atoms with Gasteiger partial charge >= 0.3 is 0 Å². The molecule has 100 valence electrons. The molecule has 0 bridgehead atoms. The maximum atomic E-state index is 6.09. The van der Waals surface area contributed by atoms with E-state index in [2.05, 4.69) is 11.4 Å². The monoisotopic (exact) mass is 283 g/mol. The molecule has 3 heteroatoms. The summed E-state index contributed by atoms with van der Waals surface area (Å²) in [4.78, 5) is 1.51. The van der Waals surface area contributed by atoms with Crippen molar-refractivity contribution in [2.45, 2.75) is 57.4 Å². The summed E-state index contributed by atoms with van der Waals surface area (Å²) in [5.74, 6) is 0.984. The minimum atomic E-state index is 0.576. The standard InChI is InChI=1S/C15H22ClNS/c16-15-10-12-13(6-7-14(12)18-15)17-9-8-11-4-2-1-3-5-11/h10-11,13,17H,1-9H2. The third kappa shape index (κ3) is 2.92. The molecule has 0 saturated heterocycles. The largest absolute Gasteiger partial charge is 0.310 e. The smallest absolute Gasteiger partial charge is 0.0934 e. The molecule has 0 aliphatic heterocycles. The van der Waals surface area contributed by atoms with E-state index in [-0.39, 0.29) is 0 Å². The SMILES string of the molecule is Clc1cc2c(s1)CCC2NCCC1CCCCC1. The van der Waals surface area contributed by atoms with Crippen LogP contribution in [0.15, 0.2) is 6.07 Å². The lowest BCUT2D eigenvalue weighted by Gasteiger charge is -2.22. The van der Waals surface area contributed by atoms with Crippen LogP contribution in [-0.4, -0.2) is 6.54 Å². The highest BCUT2D eigenvalue weighted by Gasteiger charge is 2.24. The molecule has 0 radical (unpaired) electrons. The van der Waals surface area contributed by atoms with Crippen LogP contribution < -0.4 is 5.32 Å². The summed E-state index contributed by atoms with van der Waals surface area (Å²) in [5.41, 5.74) is 1.48. The number of hydrogen-bond donors (Lipinski definition) is 1. The molecule has 1 atom stereocenters. The van der Waals surface area contributed by atoms with E-state index < -0.39 is 0 Å². The number of hydrogen-bond acceptors (Lipinski definition) is 2. The molecule has 3 rings (SSSR count). The highest BCUT2D eigenvalue weighted by atomic mass is 35.5. The Morgan fingerprint density at radius 1 is 1.22 bits per heavy atom. The Labute approximate surface area is 119 Å². The third-order valence-electron chi connectivity index (χ3n) is 4.52. The minimum absolute atomic E-state index is 0.576. The normalized spacial score (nSPS) is 24.4. The Hall–Kier alpha value is -0.0500. The van der Waals surface area contributed by atoms with Gasteiger partial charge in [-0.2, -0.15) is 0 Å². The van der Waals surface area contributed by atoms with E-state index in [0.717, 1.165) is 10.3 Å². The third-order valence-corrected chi connectivity index (χ3v) is 5.85. The molecule has 1 aromatic rings. The van der Waals surface area contributed by atoms with Gasteiger partial charge in [0.25, 0.3) is 0 Å². The van der Waals surface area contributed by atoms with Crippen LogP contribution >= 0.6 is 22.9 Å². The molecule has 1 N–H and O–H groups in total. The van der Waals surface area contributed by atoms with E-state index in [1.165, 1.54) is 68.4 Å². The predicted octanol–water partition coefficient (Wildman–Crippen LogP) is 4.95. The summed E-state index contributed by atoms with van der Waals surface area (Å²) >= 11 is 7.86. The molecular formula is C15H22ClNS. The van der Waals surface area contributed by atoms with Crippen molar-refractivity contribution >= 4 is 22.9 Å². The fraction of sp³-hybridized carbons (Fsp3) is 0.733. The molecule has 1 saturated carbocycles. The Morgan fingerprint density at radius 2 is 2.06 bits per heavy atom. The second-order valence-corrected chi connectivity index (χ2v) is 7.54. The Bertz CT molecular complexity index is 395. The van der Waals surface area contributed by atoms with Crippen molar-refractivity contribution in [2.24, 2.45) is 5.92 Å². The van der Waals surface area contributed by atoms with Gasteiger partial charge in [-0.25, -0.2) is 0 Å². The lowest BCUT2D eigenvalue weighted by molar-refractivity contribution is 0.327. The second-order valence-electron chi connectivity index (χ2n) is 5.77. The molecule has 2 aliphatic rings. The fourth-order valence-corrected chi connectivity index (χ4v) is 4.84. The number of rotatable bonds is 4. The number of fused-ring (bicyclic) bond motifs is 1. The molecule has 1 heterocycles. The van der Waals surface area contributed by atoms with E-state index in [1.54, 1.807) is 11.3 Å². The zero-order chi connectivity index (χ0) is 12.4. The summed E-state index contributed by atoms with van der Waals surface area (Å²) in [7, 11) is 0. The van der Waals surface area contributed by atoms with E-state index in [0.29, 0.717) is 6.04 Å². The average molecular weight is 284 g/mol. The molecule has 1 nitrogen and oxygen atoms in total. The van der Waals surface area contributed by atoms with E-state index in [4.69, 9.17) is 11.6 Å². The van der Waals surface area contributed by atoms with Gasteiger partial charge in [-0.3, -0.25) is 0 Å². The summed E-state index contributed by atoms with van der Waals surface area (Å²) in [6.07, 6.45) is 11.1. The first-order chi connectivity index (χ1) is 8.83. The molecule has 1 aromatic heterocycles. The van der Waals surface area contributed by atoms with Crippen LogP contribution in [0.4, 0.5) is 0 Å². The molecule has 0 aromatic carbocycles. The van der Waals surface area contributed by atoms with E-state index in [9.17, 15) is 0 Å². The van der Waals surface area contributed by atoms with Crippen molar-refractivity contribution in [3.63, 3.8) is 0 Å². The molecule has 1 unspecified atom stereocenters. The molecule has 18 heavy (non-hydrogen) atoms. The van der Waals surface area contributed by atoms with Crippen molar-refractivity contribution in [1.29, 1.82) is 0 Å². The number of aryl methyl sites for hydroxylation is 1.